The molecule has 1 saturated carbocycles. The van der Waals surface area contributed by atoms with E-state index >= 15 is 0 Å². The number of aryl methyl sites for hydroxylation is 1. The van der Waals surface area contributed by atoms with Gasteiger partial charge in [0.1, 0.15) is 0 Å². The molecule has 17 heavy (non-hydrogen) atoms. The second-order valence-corrected chi connectivity index (χ2v) is 6.40. The van der Waals surface area contributed by atoms with Gasteiger partial charge < -0.3 is 5.73 Å². The molecule has 3 N–H and O–H groups in total. The number of nitrogens with one attached hydrogen (secondary N) is 1. The fourth-order valence-corrected chi connectivity index (χ4v) is 3.71. The molecule has 0 unspecified atom stereocenters. The Hall–Kier alpha value is -1.07. The molecule has 2 rings (SSSR count). The van der Waals surface area contributed by atoms with Crippen LogP contribution in [0.15, 0.2) is 23.1 Å². The molecule has 0 spiro atoms. The highest BCUT2D eigenvalue weighted by Crippen LogP contribution is 2.21. The van der Waals surface area contributed by atoms with Gasteiger partial charge in [-0.15, -0.1) is 0 Å². The van der Waals surface area contributed by atoms with Crippen molar-refractivity contribution in [2.75, 3.05) is 5.73 Å². The molecule has 0 atom stereocenters. The van der Waals surface area contributed by atoms with Gasteiger partial charge in [-0.3, -0.25) is 0 Å². The summed E-state index contributed by atoms with van der Waals surface area (Å²) in [6.07, 6.45) is 4.06. The van der Waals surface area contributed by atoms with Crippen LogP contribution in [0.4, 0.5) is 5.69 Å². The minimum Gasteiger partial charge on any atom is -0.399 e. The number of nitrogen functional groups attached to an aromatic ring is 1. The van der Waals surface area contributed by atoms with Crippen LogP contribution in [0.1, 0.15) is 31.2 Å². The van der Waals surface area contributed by atoms with Crippen molar-refractivity contribution in [2.45, 2.75) is 43.5 Å². The van der Waals surface area contributed by atoms with E-state index < -0.39 is 10.0 Å². The van der Waals surface area contributed by atoms with Crippen LogP contribution in [-0.4, -0.2) is 14.5 Å². The third-order valence-electron chi connectivity index (χ3n) is 3.06. The van der Waals surface area contributed by atoms with Gasteiger partial charge in [-0.05, 0) is 43.5 Å². The molecule has 94 valence electrons. The fraction of sp³-hybridized carbons (Fsp3) is 0.500. The third kappa shape index (κ3) is 2.98. The molecule has 1 aromatic rings. The van der Waals surface area contributed by atoms with E-state index in [1.54, 1.807) is 12.1 Å². The van der Waals surface area contributed by atoms with Crippen LogP contribution in [0.5, 0.6) is 0 Å². The van der Waals surface area contributed by atoms with Crippen molar-refractivity contribution in [2.24, 2.45) is 0 Å². The van der Waals surface area contributed by atoms with E-state index in [0.29, 0.717) is 5.69 Å². The smallest absolute Gasteiger partial charge is 0.240 e. The zero-order valence-electron chi connectivity index (χ0n) is 9.94. The lowest BCUT2D eigenvalue weighted by Gasteiger charge is -2.13. The Balaban J connectivity index is 2.24. The third-order valence-corrected chi connectivity index (χ3v) is 4.56. The van der Waals surface area contributed by atoms with Crippen LogP contribution in [0, 0.1) is 6.92 Å². The number of rotatable bonds is 3. The lowest BCUT2D eigenvalue weighted by Crippen LogP contribution is -2.32. The van der Waals surface area contributed by atoms with E-state index in [0.717, 1.165) is 31.2 Å². The average Bonchev–Trinajstić information content (AvgIpc) is 2.68. The monoisotopic (exact) mass is 254 g/mol. The molecule has 1 fully saturated rings. The van der Waals surface area contributed by atoms with Crippen LogP contribution < -0.4 is 10.5 Å². The van der Waals surface area contributed by atoms with Gasteiger partial charge in [0.25, 0.3) is 0 Å². The van der Waals surface area contributed by atoms with Gasteiger partial charge >= 0.3 is 0 Å². The minimum atomic E-state index is -3.42. The topological polar surface area (TPSA) is 72.2 Å². The number of hydrogen-bond donors (Lipinski definition) is 2. The quantitative estimate of drug-likeness (QED) is 0.808. The summed E-state index contributed by atoms with van der Waals surface area (Å²) >= 11 is 0. The van der Waals surface area contributed by atoms with Crippen molar-refractivity contribution < 1.29 is 8.42 Å². The Bertz CT molecular complexity index is 485. The molecule has 5 heteroatoms. The van der Waals surface area contributed by atoms with Crippen molar-refractivity contribution >= 4 is 15.7 Å². The van der Waals surface area contributed by atoms with Crippen molar-refractivity contribution in [3.63, 3.8) is 0 Å². The molecule has 0 aliphatic heterocycles. The first kappa shape index (κ1) is 12.4. The predicted octanol–water partition coefficient (Wildman–Crippen LogP) is 1.80. The largest absolute Gasteiger partial charge is 0.399 e. The molecule has 0 saturated heterocycles. The van der Waals surface area contributed by atoms with Crippen LogP contribution in [-0.2, 0) is 10.0 Å². The Morgan fingerprint density at radius 3 is 2.47 bits per heavy atom. The summed E-state index contributed by atoms with van der Waals surface area (Å²) in [5.74, 6) is 0. The second-order valence-electron chi connectivity index (χ2n) is 4.68. The summed E-state index contributed by atoms with van der Waals surface area (Å²) in [5.41, 5.74) is 7.01. The predicted molar refractivity (Wildman–Crippen MR) is 68.2 cm³/mol. The van der Waals surface area contributed by atoms with E-state index in [4.69, 9.17) is 5.73 Å². The molecule has 1 aromatic carbocycles. The summed E-state index contributed by atoms with van der Waals surface area (Å²) in [4.78, 5) is 0.266. The molecule has 0 radical (unpaired) electrons. The first-order valence-corrected chi connectivity index (χ1v) is 7.35. The van der Waals surface area contributed by atoms with Gasteiger partial charge in [-0.1, -0.05) is 12.8 Å². The van der Waals surface area contributed by atoms with Gasteiger partial charge in [-0.2, -0.15) is 0 Å². The molecular weight excluding hydrogens is 236 g/mol. The molecule has 1 aliphatic rings. The SMILES string of the molecule is Cc1cc(N)cc(S(=O)(=O)NC2CCCC2)c1. The lowest BCUT2D eigenvalue weighted by atomic mass is 10.2. The van der Waals surface area contributed by atoms with Gasteiger partial charge in [0.05, 0.1) is 4.90 Å². The van der Waals surface area contributed by atoms with E-state index in [9.17, 15) is 8.42 Å². The van der Waals surface area contributed by atoms with Gasteiger partial charge in [0, 0.05) is 11.7 Å². The highest BCUT2D eigenvalue weighted by molar-refractivity contribution is 7.89. The summed E-state index contributed by atoms with van der Waals surface area (Å²) in [7, 11) is -3.42. The number of hydrogen-bond acceptors (Lipinski definition) is 3. The minimum absolute atomic E-state index is 0.0849. The van der Waals surface area contributed by atoms with Gasteiger partial charge in [0.15, 0.2) is 0 Å². The normalized spacial score (nSPS) is 17.5. The van der Waals surface area contributed by atoms with Crippen LogP contribution in [0.25, 0.3) is 0 Å². The molecule has 0 bridgehead atoms. The van der Waals surface area contributed by atoms with E-state index in [1.165, 1.54) is 6.07 Å². The zero-order valence-corrected chi connectivity index (χ0v) is 10.8. The van der Waals surface area contributed by atoms with Crippen LogP contribution in [0.3, 0.4) is 0 Å². The maximum Gasteiger partial charge on any atom is 0.240 e. The first-order chi connectivity index (χ1) is 7.97. The lowest BCUT2D eigenvalue weighted by molar-refractivity contribution is 0.552. The Labute approximate surface area is 102 Å². The molecule has 1 aliphatic carbocycles. The molecule has 4 nitrogen and oxygen atoms in total. The number of sulfonamides is 1. The maximum atomic E-state index is 12.1. The molecule has 0 amide bonds. The second kappa shape index (κ2) is 4.66. The standard InChI is InChI=1S/C12H18N2O2S/c1-9-6-10(13)8-12(7-9)17(15,16)14-11-4-2-3-5-11/h6-8,11,14H,2-5,13H2,1H3. The van der Waals surface area contributed by atoms with Crippen LogP contribution >= 0.6 is 0 Å². The van der Waals surface area contributed by atoms with Gasteiger partial charge in [0.2, 0.25) is 10.0 Å². The van der Waals surface area contributed by atoms with E-state index in [2.05, 4.69) is 4.72 Å². The Morgan fingerprint density at radius 2 is 1.88 bits per heavy atom. The molecule has 0 aromatic heterocycles. The highest BCUT2D eigenvalue weighted by Gasteiger charge is 2.23. The van der Waals surface area contributed by atoms with Crippen molar-refractivity contribution in [1.29, 1.82) is 0 Å². The summed E-state index contributed by atoms with van der Waals surface area (Å²) in [6.45, 7) is 1.84. The zero-order chi connectivity index (χ0) is 12.5. The number of anilines is 1. The summed E-state index contributed by atoms with van der Waals surface area (Å²) < 4.78 is 27.0. The van der Waals surface area contributed by atoms with Gasteiger partial charge in [-0.25, -0.2) is 13.1 Å². The summed E-state index contributed by atoms with van der Waals surface area (Å²) in [5, 5.41) is 0. The maximum absolute atomic E-state index is 12.1. The number of nitrogens with two attached hydrogens (primary N) is 1. The number of benzene rings is 1. The Morgan fingerprint density at radius 1 is 1.24 bits per heavy atom. The highest BCUT2D eigenvalue weighted by atomic mass is 32.2. The molecular formula is C12H18N2O2S. The van der Waals surface area contributed by atoms with E-state index in [1.807, 2.05) is 6.92 Å². The Kier molecular flexibility index (Phi) is 3.40. The van der Waals surface area contributed by atoms with E-state index in [-0.39, 0.29) is 10.9 Å². The first-order valence-electron chi connectivity index (χ1n) is 5.87. The van der Waals surface area contributed by atoms with Crippen LogP contribution in [0.2, 0.25) is 0 Å². The summed E-state index contributed by atoms with van der Waals surface area (Å²) in [6, 6.07) is 4.99. The average molecular weight is 254 g/mol. The van der Waals surface area contributed by atoms with Crippen molar-refractivity contribution in [3.05, 3.63) is 23.8 Å². The van der Waals surface area contributed by atoms with Crippen molar-refractivity contribution in [1.82, 2.24) is 4.72 Å². The fourth-order valence-electron chi connectivity index (χ4n) is 2.26. The van der Waals surface area contributed by atoms with Crippen molar-refractivity contribution in [3.8, 4) is 0 Å². The molecule has 0 heterocycles.